The maximum absolute atomic E-state index is 13.8. The number of carbonyl (C=O) groups excluding carboxylic acids is 3. The molecule has 0 aromatic heterocycles. The molecule has 8 nitrogen and oxygen atoms in total. The number of aliphatic imine (C=N–C) groups is 1. The lowest BCUT2D eigenvalue weighted by molar-refractivity contribution is -0.140. The molecule has 2 aromatic carbocycles. The van der Waals surface area contributed by atoms with Crippen LogP contribution in [0, 0.1) is 19.7 Å². The highest BCUT2D eigenvalue weighted by Crippen LogP contribution is 2.37. The Balaban J connectivity index is 1.28. The number of benzene rings is 2. The number of nitrogens with one attached hydrogen (secondary N) is 2. The summed E-state index contributed by atoms with van der Waals surface area (Å²) in [6.45, 7) is 7.86. The molecule has 3 heterocycles. The van der Waals surface area contributed by atoms with Crippen molar-refractivity contribution in [2.45, 2.75) is 45.3 Å². The molecule has 234 valence electrons. The molecule has 2 saturated heterocycles. The highest BCUT2D eigenvalue weighted by Gasteiger charge is 2.46. The van der Waals surface area contributed by atoms with E-state index in [-0.39, 0.29) is 46.3 Å². The number of piperidine rings is 1. The maximum atomic E-state index is 13.8. The lowest BCUT2D eigenvalue weighted by Crippen LogP contribution is -2.50. The molecule has 3 amide bonds. The lowest BCUT2D eigenvalue weighted by Gasteiger charge is -2.36. The van der Waals surface area contributed by atoms with E-state index < -0.39 is 23.1 Å². The number of aryl methyl sites for hydroxylation is 2. The van der Waals surface area contributed by atoms with E-state index in [2.05, 4.69) is 30.7 Å². The van der Waals surface area contributed by atoms with E-state index in [4.69, 9.17) is 0 Å². The van der Waals surface area contributed by atoms with Crippen molar-refractivity contribution in [3.63, 3.8) is 0 Å². The van der Waals surface area contributed by atoms with Gasteiger partial charge in [-0.05, 0) is 97.5 Å². The van der Waals surface area contributed by atoms with Crippen LogP contribution in [0.2, 0.25) is 0 Å². The number of nitrogens with zero attached hydrogens (tertiary/aromatic N) is 3. The molecule has 44 heavy (non-hydrogen) atoms. The Morgan fingerprint density at radius 3 is 2.36 bits per heavy atom. The van der Waals surface area contributed by atoms with E-state index in [1.165, 1.54) is 6.07 Å². The molecule has 1 unspecified atom stereocenters. The summed E-state index contributed by atoms with van der Waals surface area (Å²) in [6, 6.07) is 6.28. The molecule has 0 radical (unpaired) electrons. The molecule has 5 rings (SSSR count). The van der Waals surface area contributed by atoms with Gasteiger partial charge in [0.15, 0.2) is 0 Å². The Hall–Kier alpha value is -3.84. The molecule has 1 spiro atoms. The van der Waals surface area contributed by atoms with Crippen LogP contribution < -0.4 is 10.6 Å². The van der Waals surface area contributed by atoms with Gasteiger partial charge in [-0.1, -0.05) is 10.7 Å². The van der Waals surface area contributed by atoms with E-state index in [1.54, 1.807) is 4.90 Å². The van der Waals surface area contributed by atoms with Crippen LogP contribution in [0.1, 0.15) is 57.9 Å². The number of amidine groups is 1. The Bertz CT molecular complexity index is 1590. The largest absolute Gasteiger partial charge is 0.419 e. The molecule has 0 bridgehead atoms. The number of rotatable bonds is 5. The minimum Gasteiger partial charge on any atom is -0.353 e. The molecule has 2 aromatic rings. The van der Waals surface area contributed by atoms with Gasteiger partial charge < -0.3 is 15.5 Å². The first-order chi connectivity index (χ1) is 20.8. The average molecular weight is 632 g/mol. The zero-order valence-corrected chi connectivity index (χ0v) is 25.4. The average Bonchev–Trinajstić information content (AvgIpc) is 3.29. The Morgan fingerprint density at radius 2 is 1.75 bits per heavy atom. The van der Waals surface area contributed by atoms with Crippen molar-refractivity contribution >= 4 is 45.7 Å². The van der Waals surface area contributed by atoms with Gasteiger partial charge in [0.2, 0.25) is 5.91 Å². The SMILES string of the molecule is C/C=S(/C=C/c1c(C)cc(C(=O)N2CCNC(=O)C2)cc1C)N1CCC2(CC1)N=C(c1ccc(F)c(C(F)(F)F)c1)NC2=O. The highest BCUT2D eigenvalue weighted by molar-refractivity contribution is 8.15. The summed E-state index contributed by atoms with van der Waals surface area (Å²) in [6.07, 6.45) is -2.07. The summed E-state index contributed by atoms with van der Waals surface area (Å²) < 4.78 is 55.7. The number of piperazine rings is 1. The molecule has 3 aliphatic rings. The first kappa shape index (κ1) is 31.6. The van der Waals surface area contributed by atoms with E-state index >= 15 is 0 Å². The number of halogens is 4. The summed E-state index contributed by atoms with van der Waals surface area (Å²) in [4.78, 5) is 43.8. The van der Waals surface area contributed by atoms with E-state index in [0.717, 1.165) is 22.8 Å². The second kappa shape index (κ2) is 12.3. The van der Waals surface area contributed by atoms with Gasteiger partial charge in [-0.25, -0.2) is 4.39 Å². The molecular weight excluding hydrogens is 598 g/mol. The van der Waals surface area contributed by atoms with Crippen LogP contribution in [-0.4, -0.2) is 76.4 Å². The molecule has 13 heteroatoms. The zero-order valence-electron chi connectivity index (χ0n) is 24.6. The predicted molar refractivity (Wildman–Crippen MR) is 163 cm³/mol. The van der Waals surface area contributed by atoms with Crippen molar-refractivity contribution in [1.29, 1.82) is 0 Å². The fourth-order valence-corrected chi connectivity index (χ4v) is 7.26. The quantitative estimate of drug-likeness (QED) is 0.378. The first-order valence-corrected chi connectivity index (χ1v) is 15.5. The second-order valence-corrected chi connectivity index (χ2v) is 13.0. The van der Waals surface area contributed by atoms with Gasteiger partial charge in [0.05, 0.1) is 12.1 Å². The van der Waals surface area contributed by atoms with Crippen LogP contribution in [-0.2, 0) is 15.8 Å². The van der Waals surface area contributed by atoms with Crippen LogP contribution in [0.15, 0.2) is 40.7 Å². The third-order valence-electron chi connectivity index (χ3n) is 8.16. The van der Waals surface area contributed by atoms with Crippen molar-refractivity contribution < 1.29 is 31.9 Å². The van der Waals surface area contributed by atoms with Gasteiger partial charge >= 0.3 is 6.18 Å². The van der Waals surface area contributed by atoms with Crippen molar-refractivity contribution in [2.24, 2.45) is 4.99 Å². The van der Waals surface area contributed by atoms with Gasteiger partial charge in [-0.3, -0.25) is 23.7 Å². The molecule has 1 atom stereocenters. The fourth-order valence-electron chi connectivity index (χ4n) is 5.76. The van der Waals surface area contributed by atoms with Crippen LogP contribution in [0.5, 0.6) is 0 Å². The number of hydrogen-bond donors (Lipinski definition) is 2. The van der Waals surface area contributed by atoms with Gasteiger partial charge in [0.25, 0.3) is 11.8 Å². The third kappa shape index (κ3) is 6.34. The Kier molecular flexibility index (Phi) is 8.81. The smallest absolute Gasteiger partial charge is 0.353 e. The van der Waals surface area contributed by atoms with E-state index in [0.29, 0.717) is 50.7 Å². The summed E-state index contributed by atoms with van der Waals surface area (Å²) >= 11 is 0. The van der Waals surface area contributed by atoms with Crippen molar-refractivity contribution in [3.8, 4) is 0 Å². The topological polar surface area (TPSA) is 94.1 Å². The normalized spacial score (nSPS) is 19.8. The first-order valence-electron chi connectivity index (χ1n) is 14.2. The summed E-state index contributed by atoms with van der Waals surface area (Å²) in [5.74, 6) is -2.07. The lowest BCUT2D eigenvalue weighted by atomic mass is 9.89. The third-order valence-corrected chi connectivity index (χ3v) is 10.0. The van der Waals surface area contributed by atoms with E-state index in [9.17, 15) is 31.9 Å². The molecular formula is C31H33F4N5O3S. The van der Waals surface area contributed by atoms with Gasteiger partial charge in [0, 0.05) is 37.3 Å². The number of hydrogen-bond acceptors (Lipinski definition) is 5. The minimum atomic E-state index is -4.87. The Morgan fingerprint density at radius 1 is 1.07 bits per heavy atom. The predicted octanol–water partition coefficient (Wildman–Crippen LogP) is 4.42. The maximum Gasteiger partial charge on any atom is 0.419 e. The highest BCUT2D eigenvalue weighted by atomic mass is 32.2. The summed E-state index contributed by atoms with van der Waals surface area (Å²) in [5, 5.41) is 9.50. The molecule has 0 aliphatic carbocycles. The fraction of sp³-hybridized carbons (Fsp3) is 0.387. The summed E-state index contributed by atoms with van der Waals surface area (Å²) in [5.41, 5.74) is 0.919. The number of amides is 3. The summed E-state index contributed by atoms with van der Waals surface area (Å²) in [7, 11) is -0.384. The van der Waals surface area contributed by atoms with Crippen molar-refractivity contribution in [3.05, 3.63) is 74.9 Å². The van der Waals surface area contributed by atoms with Crippen LogP contribution >= 0.6 is 10.7 Å². The number of carbonyl (C=O) groups is 3. The van der Waals surface area contributed by atoms with Crippen LogP contribution in [0.3, 0.4) is 0 Å². The van der Waals surface area contributed by atoms with Crippen molar-refractivity contribution in [2.75, 3.05) is 32.7 Å². The number of alkyl halides is 3. The molecule has 3 aliphatic heterocycles. The van der Waals surface area contributed by atoms with Crippen LogP contribution in [0.25, 0.3) is 6.08 Å². The van der Waals surface area contributed by atoms with E-state index in [1.807, 2.05) is 39.0 Å². The zero-order chi connectivity index (χ0) is 31.8. The molecule has 2 N–H and O–H groups in total. The molecule has 0 saturated carbocycles. The van der Waals surface area contributed by atoms with Crippen LogP contribution in [0.4, 0.5) is 17.6 Å². The standard InChI is InChI=1S/C31H33F4N5O3S/c1-4-44(14-7-23-19(2)15-22(16-20(23)3)28(42)39-13-10-36-26(41)18-39)40-11-8-30(9-12-40)29(43)37-27(38-30)21-5-6-25(32)24(17-21)31(33,34)35/h4-7,14-17H,8-13,18H2,1-3H3,(H,36,41)(H,37,38,43)/b14-7+. The van der Waals surface area contributed by atoms with Gasteiger partial charge in [-0.15, -0.1) is 0 Å². The second-order valence-electron chi connectivity index (χ2n) is 11.1. The molecule has 2 fully saturated rings. The minimum absolute atomic E-state index is 0.0100. The Labute approximate surface area is 255 Å². The van der Waals surface area contributed by atoms with Crippen molar-refractivity contribution in [1.82, 2.24) is 19.8 Å². The van der Waals surface area contributed by atoms with Gasteiger partial charge in [0.1, 0.15) is 17.2 Å². The monoisotopic (exact) mass is 631 g/mol. The van der Waals surface area contributed by atoms with Gasteiger partial charge in [-0.2, -0.15) is 13.2 Å².